The van der Waals surface area contributed by atoms with Crippen molar-refractivity contribution in [3.05, 3.63) is 23.7 Å². The molecule has 1 N–H and O–H groups in total. The van der Waals surface area contributed by atoms with Crippen LogP contribution in [0.1, 0.15) is 39.2 Å². The summed E-state index contributed by atoms with van der Waals surface area (Å²) in [5.74, 6) is 2.08. The van der Waals surface area contributed by atoms with Crippen molar-refractivity contribution in [2.75, 3.05) is 13.1 Å². The van der Waals surface area contributed by atoms with Gasteiger partial charge in [0.05, 0.1) is 6.54 Å². The minimum Gasteiger partial charge on any atom is -0.465 e. The van der Waals surface area contributed by atoms with Gasteiger partial charge in [-0.05, 0) is 31.4 Å². The van der Waals surface area contributed by atoms with Gasteiger partial charge in [-0.25, -0.2) is 0 Å². The standard InChI is InChI=1S/C15H26N2O/c1-11-8-16-14(15(3,4)5)10-17(11)9-13-7-6-12(2)18-13/h6-7,11,14,16H,8-10H2,1-5H3. The minimum absolute atomic E-state index is 0.303. The SMILES string of the molecule is Cc1ccc(CN2CC(C(C)(C)C)NCC2C)o1. The molecule has 0 radical (unpaired) electrons. The highest BCUT2D eigenvalue weighted by Crippen LogP contribution is 2.24. The second-order valence-electron chi connectivity index (χ2n) is 6.62. The van der Waals surface area contributed by atoms with E-state index in [4.69, 9.17) is 4.42 Å². The molecular weight excluding hydrogens is 224 g/mol. The van der Waals surface area contributed by atoms with Crippen molar-refractivity contribution in [2.24, 2.45) is 5.41 Å². The van der Waals surface area contributed by atoms with Crippen molar-refractivity contribution < 1.29 is 4.42 Å². The Bertz CT molecular complexity index is 391. The molecule has 1 aromatic rings. The Morgan fingerprint density at radius 2 is 2.11 bits per heavy atom. The maximum absolute atomic E-state index is 5.69. The van der Waals surface area contributed by atoms with Gasteiger partial charge in [-0.2, -0.15) is 0 Å². The number of piperazine rings is 1. The summed E-state index contributed by atoms with van der Waals surface area (Å²) in [5, 5.41) is 3.66. The first-order chi connectivity index (χ1) is 8.36. The van der Waals surface area contributed by atoms with Crippen LogP contribution in [0.15, 0.2) is 16.5 Å². The van der Waals surface area contributed by atoms with E-state index in [2.05, 4.69) is 44.0 Å². The van der Waals surface area contributed by atoms with Crippen molar-refractivity contribution in [3.8, 4) is 0 Å². The van der Waals surface area contributed by atoms with Crippen LogP contribution in [-0.2, 0) is 6.54 Å². The Balaban J connectivity index is 2.02. The van der Waals surface area contributed by atoms with Crippen LogP contribution in [0.4, 0.5) is 0 Å². The first kappa shape index (κ1) is 13.6. The molecule has 0 aliphatic carbocycles. The molecule has 1 aliphatic rings. The predicted molar refractivity (Wildman–Crippen MR) is 74.6 cm³/mol. The summed E-state index contributed by atoms with van der Waals surface area (Å²) < 4.78 is 5.69. The molecule has 1 saturated heterocycles. The molecular formula is C15H26N2O. The third-order valence-corrected chi connectivity index (χ3v) is 3.90. The van der Waals surface area contributed by atoms with Gasteiger partial charge >= 0.3 is 0 Å². The van der Waals surface area contributed by atoms with E-state index in [1.165, 1.54) is 0 Å². The summed E-state index contributed by atoms with van der Waals surface area (Å²) in [7, 11) is 0. The van der Waals surface area contributed by atoms with E-state index in [1.54, 1.807) is 0 Å². The van der Waals surface area contributed by atoms with E-state index in [-0.39, 0.29) is 0 Å². The van der Waals surface area contributed by atoms with Gasteiger partial charge in [0, 0.05) is 25.2 Å². The third-order valence-electron chi connectivity index (χ3n) is 3.90. The van der Waals surface area contributed by atoms with E-state index in [9.17, 15) is 0 Å². The van der Waals surface area contributed by atoms with E-state index in [0.29, 0.717) is 17.5 Å². The molecule has 3 heteroatoms. The van der Waals surface area contributed by atoms with Gasteiger partial charge in [-0.1, -0.05) is 20.8 Å². The van der Waals surface area contributed by atoms with Crippen LogP contribution >= 0.6 is 0 Å². The molecule has 2 rings (SSSR count). The van der Waals surface area contributed by atoms with Crippen molar-refractivity contribution in [2.45, 2.75) is 53.2 Å². The highest BCUT2D eigenvalue weighted by molar-refractivity contribution is 5.06. The summed E-state index contributed by atoms with van der Waals surface area (Å²) in [6.07, 6.45) is 0. The maximum Gasteiger partial charge on any atom is 0.118 e. The van der Waals surface area contributed by atoms with Crippen molar-refractivity contribution >= 4 is 0 Å². The molecule has 3 nitrogen and oxygen atoms in total. The van der Waals surface area contributed by atoms with Crippen LogP contribution in [0.3, 0.4) is 0 Å². The Morgan fingerprint density at radius 3 is 2.67 bits per heavy atom. The fourth-order valence-corrected chi connectivity index (χ4v) is 2.49. The summed E-state index contributed by atoms with van der Waals surface area (Å²) in [6.45, 7) is 14.3. The van der Waals surface area contributed by atoms with Crippen LogP contribution in [0.2, 0.25) is 0 Å². The summed E-state index contributed by atoms with van der Waals surface area (Å²) in [6, 6.07) is 5.25. The Labute approximate surface area is 111 Å². The molecule has 2 unspecified atom stereocenters. The summed E-state index contributed by atoms with van der Waals surface area (Å²) >= 11 is 0. The molecule has 1 fully saturated rings. The van der Waals surface area contributed by atoms with Crippen LogP contribution in [0, 0.1) is 12.3 Å². The second kappa shape index (κ2) is 5.06. The van der Waals surface area contributed by atoms with Crippen molar-refractivity contribution in [3.63, 3.8) is 0 Å². The molecule has 0 spiro atoms. The Kier molecular flexibility index (Phi) is 3.83. The molecule has 0 saturated carbocycles. The van der Waals surface area contributed by atoms with E-state index >= 15 is 0 Å². The minimum atomic E-state index is 0.303. The zero-order valence-electron chi connectivity index (χ0n) is 12.3. The van der Waals surface area contributed by atoms with Gasteiger partial charge < -0.3 is 9.73 Å². The van der Waals surface area contributed by atoms with Gasteiger partial charge in [0.25, 0.3) is 0 Å². The van der Waals surface area contributed by atoms with Gasteiger partial charge in [-0.15, -0.1) is 0 Å². The van der Waals surface area contributed by atoms with Gasteiger partial charge in [-0.3, -0.25) is 4.90 Å². The number of hydrogen-bond donors (Lipinski definition) is 1. The molecule has 18 heavy (non-hydrogen) atoms. The van der Waals surface area contributed by atoms with Crippen LogP contribution in [-0.4, -0.2) is 30.1 Å². The van der Waals surface area contributed by atoms with Crippen LogP contribution < -0.4 is 5.32 Å². The maximum atomic E-state index is 5.69. The lowest BCUT2D eigenvalue weighted by molar-refractivity contribution is 0.0817. The average molecular weight is 250 g/mol. The lowest BCUT2D eigenvalue weighted by Crippen LogP contribution is -2.59. The van der Waals surface area contributed by atoms with Crippen molar-refractivity contribution in [1.82, 2.24) is 10.2 Å². The second-order valence-corrected chi connectivity index (χ2v) is 6.62. The number of aryl methyl sites for hydroxylation is 1. The zero-order valence-corrected chi connectivity index (χ0v) is 12.3. The monoisotopic (exact) mass is 250 g/mol. The number of nitrogens with zero attached hydrogens (tertiary/aromatic N) is 1. The molecule has 0 amide bonds. The lowest BCUT2D eigenvalue weighted by Gasteiger charge is -2.43. The fourth-order valence-electron chi connectivity index (χ4n) is 2.49. The molecule has 0 bridgehead atoms. The smallest absolute Gasteiger partial charge is 0.118 e. The van der Waals surface area contributed by atoms with Crippen LogP contribution in [0.5, 0.6) is 0 Å². The van der Waals surface area contributed by atoms with Gasteiger partial charge in [0.1, 0.15) is 11.5 Å². The first-order valence-corrected chi connectivity index (χ1v) is 6.89. The summed E-state index contributed by atoms with van der Waals surface area (Å²) in [4.78, 5) is 2.52. The molecule has 2 atom stereocenters. The fraction of sp³-hybridized carbons (Fsp3) is 0.733. The van der Waals surface area contributed by atoms with E-state index in [1.807, 2.05) is 13.0 Å². The molecule has 102 valence electrons. The third kappa shape index (κ3) is 3.15. The quantitative estimate of drug-likeness (QED) is 0.875. The molecule has 1 aromatic heterocycles. The van der Waals surface area contributed by atoms with Gasteiger partial charge in [0.15, 0.2) is 0 Å². The van der Waals surface area contributed by atoms with E-state index < -0.39 is 0 Å². The number of nitrogens with one attached hydrogen (secondary N) is 1. The first-order valence-electron chi connectivity index (χ1n) is 6.89. The van der Waals surface area contributed by atoms with E-state index in [0.717, 1.165) is 31.2 Å². The Morgan fingerprint density at radius 1 is 1.39 bits per heavy atom. The van der Waals surface area contributed by atoms with Crippen molar-refractivity contribution in [1.29, 1.82) is 0 Å². The Hall–Kier alpha value is -0.800. The highest BCUT2D eigenvalue weighted by Gasteiger charge is 2.32. The predicted octanol–water partition coefficient (Wildman–Crippen LogP) is 2.80. The average Bonchev–Trinajstić information content (AvgIpc) is 2.66. The molecule has 1 aliphatic heterocycles. The van der Waals surface area contributed by atoms with Crippen LogP contribution in [0.25, 0.3) is 0 Å². The topological polar surface area (TPSA) is 28.4 Å². The highest BCUT2D eigenvalue weighted by atomic mass is 16.3. The number of hydrogen-bond acceptors (Lipinski definition) is 3. The number of furan rings is 1. The normalized spacial score (nSPS) is 26.5. The summed E-state index contributed by atoms with van der Waals surface area (Å²) in [5.41, 5.74) is 0.303. The van der Waals surface area contributed by atoms with Gasteiger partial charge in [0.2, 0.25) is 0 Å². The molecule has 2 heterocycles. The largest absolute Gasteiger partial charge is 0.465 e. The number of rotatable bonds is 2. The zero-order chi connectivity index (χ0) is 13.3. The lowest BCUT2D eigenvalue weighted by atomic mass is 9.85. The molecule has 0 aromatic carbocycles.